The highest BCUT2D eigenvalue weighted by Crippen LogP contribution is 2.18. The van der Waals surface area contributed by atoms with Crippen molar-refractivity contribution in [1.82, 2.24) is 29.4 Å². The van der Waals surface area contributed by atoms with E-state index in [9.17, 15) is 9.18 Å². The number of aromatic nitrogens is 5. The number of piperazine rings is 1. The monoisotopic (exact) mass is 367 g/mol. The molecular weight excluding hydrogens is 349 g/mol. The number of nitrogens with zero attached hydrogens (tertiary/aromatic N) is 7. The molecule has 0 aliphatic carbocycles. The Labute approximate surface area is 155 Å². The van der Waals surface area contributed by atoms with Crippen molar-refractivity contribution in [2.24, 2.45) is 0 Å². The molecular formula is C18H18FN7O. The third-order valence-electron chi connectivity index (χ3n) is 4.60. The van der Waals surface area contributed by atoms with Crippen LogP contribution in [0.25, 0.3) is 5.82 Å². The number of rotatable bonds is 3. The van der Waals surface area contributed by atoms with Gasteiger partial charge < -0.3 is 9.80 Å². The van der Waals surface area contributed by atoms with Gasteiger partial charge in [0.2, 0.25) is 0 Å². The van der Waals surface area contributed by atoms with Gasteiger partial charge >= 0.3 is 0 Å². The molecule has 1 aliphatic rings. The molecule has 3 aromatic rings. The van der Waals surface area contributed by atoms with Gasteiger partial charge in [0.05, 0.1) is 11.8 Å². The number of imidazole rings is 1. The minimum atomic E-state index is -0.596. The Kier molecular flexibility index (Phi) is 4.49. The summed E-state index contributed by atoms with van der Waals surface area (Å²) in [5.41, 5.74) is 0.0540. The Morgan fingerprint density at radius 3 is 2.56 bits per heavy atom. The van der Waals surface area contributed by atoms with Crippen LogP contribution in [-0.4, -0.2) is 61.5 Å². The van der Waals surface area contributed by atoms with Crippen molar-refractivity contribution in [2.45, 2.75) is 6.92 Å². The van der Waals surface area contributed by atoms with E-state index in [0.717, 1.165) is 23.7 Å². The summed E-state index contributed by atoms with van der Waals surface area (Å²) in [6, 6.07) is 3.31. The van der Waals surface area contributed by atoms with Gasteiger partial charge in [0, 0.05) is 50.8 Å². The highest BCUT2D eigenvalue weighted by molar-refractivity contribution is 5.94. The van der Waals surface area contributed by atoms with E-state index in [-0.39, 0.29) is 11.5 Å². The fraction of sp³-hybridized carbons (Fsp3) is 0.278. The summed E-state index contributed by atoms with van der Waals surface area (Å²) in [6.07, 6.45) is 7.58. The summed E-state index contributed by atoms with van der Waals surface area (Å²) >= 11 is 0. The van der Waals surface area contributed by atoms with Gasteiger partial charge in [-0.25, -0.2) is 19.3 Å². The van der Waals surface area contributed by atoms with E-state index in [1.807, 2.05) is 23.8 Å². The molecule has 1 saturated heterocycles. The normalized spacial score (nSPS) is 14.4. The summed E-state index contributed by atoms with van der Waals surface area (Å²) in [5.74, 6) is 1.46. The van der Waals surface area contributed by atoms with Gasteiger partial charge in [-0.3, -0.25) is 14.3 Å². The van der Waals surface area contributed by atoms with Crippen molar-refractivity contribution in [1.29, 1.82) is 0 Å². The first-order valence-electron chi connectivity index (χ1n) is 8.59. The molecule has 3 aromatic heterocycles. The minimum absolute atomic E-state index is 0.0540. The lowest BCUT2D eigenvalue weighted by Gasteiger charge is -2.35. The Balaban J connectivity index is 1.46. The number of hydrogen-bond donors (Lipinski definition) is 0. The van der Waals surface area contributed by atoms with Crippen LogP contribution in [0, 0.1) is 12.7 Å². The lowest BCUT2D eigenvalue weighted by molar-refractivity contribution is 0.0741. The minimum Gasteiger partial charge on any atom is -0.353 e. The average Bonchev–Trinajstić information content (AvgIpc) is 3.14. The molecule has 1 fully saturated rings. The summed E-state index contributed by atoms with van der Waals surface area (Å²) in [5, 5.41) is 0. The zero-order valence-electron chi connectivity index (χ0n) is 14.8. The van der Waals surface area contributed by atoms with E-state index in [1.165, 1.54) is 18.6 Å². The first-order chi connectivity index (χ1) is 13.1. The predicted octanol–water partition coefficient (Wildman–Crippen LogP) is 1.47. The van der Waals surface area contributed by atoms with Gasteiger partial charge in [-0.05, 0) is 13.0 Å². The molecule has 0 atom stereocenters. The second-order valence-corrected chi connectivity index (χ2v) is 6.21. The summed E-state index contributed by atoms with van der Waals surface area (Å²) in [7, 11) is 0. The summed E-state index contributed by atoms with van der Waals surface area (Å²) in [4.78, 5) is 32.8. The third-order valence-corrected chi connectivity index (χ3v) is 4.60. The number of carbonyl (C=O) groups is 1. The molecule has 1 aliphatic heterocycles. The number of aryl methyl sites for hydroxylation is 1. The number of hydrogen-bond acceptors (Lipinski definition) is 6. The third kappa shape index (κ3) is 3.35. The number of carbonyl (C=O) groups excluding carboxylic acids is 1. The topological polar surface area (TPSA) is 80.0 Å². The fourth-order valence-electron chi connectivity index (χ4n) is 3.12. The van der Waals surface area contributed by atoms with Crippen LogP contribution in [0.1, 0.15) is 16.2 Å². The van der Waals surface area contributed by atoms with Gasteiger partial charge in [0.15, 0.2) is 5.82 Å². The number of pyridine rings is 1. The van der Waals surface area contributed by atoms with Gasteiger partial charge in [0.25, 0.3) is 5.91 Å². The molecule has 4 rings (SSSR count). The Morgan fingerprint density at radius 1 is 1.07 bits per heavy atom. The van der Waals surface area contributed by atoms with Gasteiger partial charge in [-0.1, -0.05) is 0 Å². The molecule has 9 heteroatoms. The highest BCUT2D eigenvalue weighted by atomic mass is 19.1. The maximum atomic E-state index is 13.8. The van der Waals surface area contributed by atoms with E-state index in [4.69, 9.17) is 0 Å². The second-order valence-electron chi connectivity index (χ2n) is 6.21. The molecule has 0 radical (unpaired) electrons. The SMILES string of the molecule is Cc1nccn1-c1cc(N2CCN(C(=O)c3ccncc3F)CC2)ncn1. The standard InChI is InChI=1S/C18H18FN7O/c1-13-21-4-5-26(13)17-10-16(22-12-23-17)24-6-8-25(9-7-24)18(27)14-2-3-20-11-15(14)19/h2-5,10-12H,6-9H2,1H3. The molecule has 0 unspecified atom stereocenters. The van der Waals surface area contributed by atoms with E-state index in [0.29, 0.717) is 26.2 Å². The van der Waals surface area contributed by atoms with Crippen molar-refractivity contribution in [3.05, 3.63) is 60.5 Å². The lowest BCUT2D eigenvalue weighted by Crippen LogP contribution is -2.49. The smallest absolute Gasteiger partial charge is 0.257 e. The van der Waals surface area contributed by atoms with Gasteiger partial charge in [0.1, 0.15) is 23.8 Å². The number of halogens is 1. The lowest BCUT2D eigenvalue weighted by atomic mass is 10.2. The van der Waals surface area contributed by atoms with Crippen molar-refractivity contribution in [3.8, 4) is 5.82 Å². The maximum absolute atomic E-state index is 13.8. The van der Waals surface area contributed by atoms with Gasteiger partial charge in [-0.2, -0.15) is 0 Å². The van der Waals surface area contributed by atoms with Crippen LogP contribution in [0.4, 0.5) is 10.2 Å². The van der Waals surface area contributed by atoms with Crippen LogP contribution >= 0.6 is 0 Å². The second kappa shape index (κ2) is 7.10. The Hall–Kier alpha value is -3.36. The largest absolute Gasteiger partial charge is 0.353 e. The van der Waals surface area contributed by atoms with E-state index >= 15 is 0 Å². The summed E-state index contributed by atoms with van der Waals surface area (Å²) in [6.45, 7) is 4.11. The molecule has 0 bridgehead atoms. The predicted molar refractivity (Wildman–Crippen MR) is 96.2 cm³/mol. The van der Waals surface area contributed by atoms with Crippen LogP contribution in [0.3, 0.4) is 0 Å². The number of amides is 1. The Bertz CT molecular complexity index is 966. The van der Waals surface area contributed by atoms with Crippen LogP contribution in [0.5, 0.6) is 0 Å². The zero-order chi connectivity index (χ0) is 18.8. The molecule has 8 nitrogen and oxygen atoms in total. The molecule has 4 heterocycles. The van der Waals surface area contributed by atoms with E-state index in [2.05, 4.69) is 24.8 Å². The fourth-order valence-corrected chi connectivity index (χ4v) is 3.12. The van der Waals surface area contributed by atoms with Crippen molar-refractivity contribution >= 4 is 11.7 Å². The van der Waals surface area contributed by atoms with E-state index < -0.39 is 5.82 Å². The molecule has 0 N–H and O–H groups in total. The van der Waals surface area contributed by atoms with E-state index in [1.54, 1.807) is 11.1 Å². The first kappa shape index (κ1) is 17.1. The average molecular weight is 367 g/mol. The maximum Gasteiger partial charge on any atom is 0.257 e. The highest BCUT2D eigenvalue weighted by Gasteiger charge is 2.25. The van der Waals surface area contributed by atoms with Crippen molar-refractivity contribution in [3.63, 3.8) is 0 Å². The number of anilines is 1. The summed E-state index contributed by atoms with van der Waals surface area (Å²) < 4.78 is 15.7. The zero-order valence-corrected chi connectivity index (χ0v) is 14.8. The van der Waals surface area contributed by atoms with Gasteiger partial charge in [-0.15, -0.1) is 0 Å². The first-order valence-corrected chi connectivity index (χ1v) is 8.59. The van der Waals surface area contributed by atoms with Crippen molar-refractivity contribution in [2.75, 3.05) is 31.1 Å². The molecule has 0 aromatic carbocycles. The van der Waals surface area contributed by atoms with Crippen LogP contribution < -0.4 is 4.90 Å². The quantitative estimate of drug-likeness (QED) is 0.697. The molecule has 1 amide bonds. The molecule has 0 saturated carbocycles. The van der Waals surface area contributed by atoms with Crippen LogP contribution in [0.2, 0.25) is 0 Å². The molecule has 138 valence electrons. The molecule has 27 heavy (non-hydrogen) atoms. The van der Waals surface area contributed by atoms with Crippen LogP contribution in [0.15, 0.2) is 43.2 Å². The van der Waals surface area contributed by atoms with Crippen LogP contribution in [-0.2, 0) is 0 Å². The molecule has 0 spiro atoms. The Morgan fingerprint density at radius 2 is 1.85 bits per heavy atom. The van der Waals surface area contributed by atoms with Crippen molar-refractivity contribution < 1.29 is 9.18 Å².